The molecule has 1 unspecified atom stereocenters. The number of hydrogen-bond acceptors (Lipinski definition) is 6. The van der Waals surface area contributed by atoms with Gasteiger partial charge in [0.25, 0.3) is 0 Å². The van der Waals surface area contributed by atoms with E-state index in [9.17, 15) is 4.79 Å². The van der Waals surface area contributed by atoms with E-state index in [1.54, 1.807) is 6.26 Å². The van der Waals surface area contributed by atoms with Crippen LogP contribution in [0.4, 0.5) is 0 Å². The van der Waals surface area contributed by atoms with Crippen LogP contribution < -0.4 is 0 Å². The molecule has 0 bridgehead atoms. The van der Waals surface area contributed by atoms with Gasteiger partial charge in [0.2, 0.25) is 0 Å². The van der Waals surface area contributed by atoms with Gasteiger partial charge < -0.3 is 9.15 Å². The Morgan fingerprint density at radius 3 is 2.57 bits per heavy atom. The highest BCUT2D eigenvalue weighted by molar-refractivity contribution is 8.00. The van der Waals surface area contributed by atoms with Crippen molar-refractivity contribution in [2.45, 2.75) is 49.6 Å². The van der Waals surface area contributed by atoms with E-state index in [1.807, 2.05) is 16.7 Å². The number of aromatic nitrogens is 3. The molecule has 3 heterocycles. The van der Waals surface area contributed by atoms with Crippen LogP contribution in [0.3, 0.4) is 0 Å². The molecule has 146 valence electrons. The number of benzene rings is 1. The Kier molecular flexibility index (Phi) is 5.02. The van der Waals surface area contributed by atoms with Crippen LogP contribution in [0.25, 0.3) is 11.4 Å². The fraction of sp³-hybridized carbons (Fsp3) is 0.381. The van der Waals surface area contributed by atoms with E-state index in [0.717, 1.165) is 17.1 Å². The summed E-state index contributed by atoms with van der Waals surface area (Å²) >= 11 is 1.40. The fourth-order valence-corrected chi connectivity index (χ4v) is 4.12. The molecule has 1 aliphatic rings. The minimum Gasteiger partial charge on any atom is -0.467 e. The molecule has 1 atom stereocenters. The Bertz CT molecular complexity index is 956. The summed E-state index contributed by atoms with van der Waals surface area (Å²) < 4.78 is 12.6. The van der Waals surface area contributed by atoms with Crippen molar-refractivity contribution in [3.63, 3.8) is 0 Å². The smallest absolute Gasteiger partial charge is 0.319 e. The number of esters is 1. The molecule has 0 aliphatic carbocycles. The van der Waals surface area contributed by atoms with E-state index < -0.39 is 0 Å². The lowest BCUT2D eigenvalue weighted by atomic mass is 9.87. The van der Waals surface area contributed by atoms with Crippen molar-refractivity contribution < 1.29 is 13.9 Å². The van der Waals surface area contributed by atoms with Crippen LogP contribution in [0, 0.1) is 0 Å². The molecule has 1 fully saturated rings. The molecular weight excluding hydrogens is 374 g/mol. The number of cyclic esters (lactones) is 1. The highest BCUT2D eigenvalue weighted by Gasteiger charge is 2.30. The Labute approximate surface area is 168 Å². The molecule has 1 aromatic carbocycles. The Morgan fingerprint density at radius 2 is 1.96 bits per heavy atom. The molecule has 0 saturated carbocycles. The minimum atomic E-state index is -0.240. The van der Waals surface area contributed by atoms with Crippen LogP contribution in [0.5, 0.6) is 0 Å². The van der Waals surface area contributed by atoms with Gasteiger partial charge in [-0.25, -0.2) is 0 Å². The minimum absolute atomic E-state index is 0.0875. The first-order chi connectivity index (χ1) is 13.4. The second kappa shape index (κ2) is 7.47. The van der Waals surface area contributed by atoms with E-state index in [0.29, 0.717) is 24.7 Å². The molecule has 6 nitrogen and oxygen atoms in total. The van der Waals surface area contributed by atoms with E-state index in [-0.39, 0.29) is 16.6 Å². The van der Waals surface area contributed by atoms with E-state index in [1.165, 1.54) is 17.3 Å². The summed E-state index contributed by atoms with van der Waals surface area (Å²) in [5, 5.41) is 9.24. The van der Waals surface area contributed by atoms with Gasteiger partial charge in [0, 0.05) is 12.0 Å². The summed E-state index contributed by atoms with van der Waals surface area (Å²) in [5.41, 5.74) is 2.33. The van der Waals surface area contributed by atoms with Crippen molar-refractivity contribution in [3.05, 3.63) is 54.0 Å². The zero-order chi connectivity index (χ0) is 19.7. The summed E-state index contributed by atoms with van der Waals surface area (Å²) in [6.45, 7) is 7.54. The average molecular weight is 398 g/mol. The van der Waals surface area contributed by atoms with Crippen molar-refractivity contribution in [2.24, 2.45) is 0 Å². The zero-order valence-corrected chi connectivity index (χ0v) is 17.0. The monoisotopic (exact) mass is 397 g/mol. The molecule has 1 saturated heterocycles. The van der Waals surface area contributed by atoms with Gasteiger partial charge in [-0.15, -0.1) is 10.2 Å². The van der Waals surface area contributed by atoms with Crippen molar-refractivity contribution >= 4 is 17.7 Å². The molecule has 4 rings (SSSR count). The second-order valence-electron chi connectivity index (χ2n) is 7.86. The number of thioether (sulfide) groups is 1. The number of nitrogens with zero attached hydrogens (tertiary/aromatic N) is 3. The highest BCUT2D eigenvalue weighted by Crippen LogP contribution is 2.32. The Morgan fingerprint density at radius 1 is 1.18 bits per heavy atom. The summed E-state index contributed by atoms with van der Waals surface area (Å²) in [6.07, 6.45) is 2.34. The lowest BCUT2D eigenvalue weighted by Crippen LogP contribution is -2.12. The first-order valence-corrected chi connectivity index (χ1v) is 10.2. The molecular formula is C21H23N3O3S. The maximum atomic E-state index is 11.9. The van der Waals surface area contributed by atoms with Crippen LogP contribution in [-0.2, 0) is 21.5 Å². The average Bonchev–Trinajstić information content (AvgIpc) is 3.39. The number of hydrogen-bond donors (Lipinski definition) is 0. The molecule has 1 aliphatic heterocycles. The normalized spacial score (nSPS) is 17.1. The van der Waals surface area contributed by atoms with Gasteiger partial charge in [-0.05, 0) is 23.1 Å². The van der Waals surface area contributed by atoms with Gasteiger partial charge in [0.05, 0.1) is 19.4 Å². The van der Waals surface area contributed by atoms with Crippen LogP contribution in [0.15, 0.2) is 52.2 Å². The summed E-state index contributed by atoms with van der Waals surface area (Å²) in [5.74, 6) is 1.38. The SMILES string of the molecule is CC(C)(C)c1ccc(-c2nnc(SC3CCOC3=O)n2Cc2ccco2)cc1. The molecule has 3 aromatic rings. The quantitative estimate of drug-likeness (QED) is 0.598. The summed E-state index contributed by atoms with van der Waals surface area (Å²) in [7, 11) is 0. The van der Waals surface area contributed by atoms with Crippen LogP contribution in [0.2, 0.25) is 0 Å². The zero-order valence-electron chi connectivity index (χ0n) is 16.2. The van der Waals surface area contributed by atoms with Crippen molar-refractivity contribution in [1.82, 2.24) is 14.8 Å². The molecule has 0 N–H and O–H groups in total. The van der Waals surface area contributed by atoms with Gasteiger partial charge in [-0.3, -0.25) is 9.36 Å². The third-order valence-electron chi connectivity index (χ3n) is 4.75. The Balaban J connectivity index is 1.69. The summed E-state index contributed by atoms with van der Waals surface area (Å²) in [6, 6.07) is 12.2. The van der Waals surface area contributed by atoms with Crippen molar-refractivity contribution in [2.75, 3.05) is 6.61 Å². The third-order valence-corrected chi connectivity index (χ3v) is 5.98. The molecule has 2 aromatic heterocycles. The van der Waals surface area contributed by atoms with Gasteiger partial charge in [-0.2, -0.15) is 0 Å². The largest absolute Gasteiger partial charge is 0.467 e. The molecule has 28 heavy (non-hydrogen) atoms. The maximum absolute atomic E-state index is 11.9. The number of ether oxygens (including phenoxy) is 1. The van der Waals surface area contributed by atoms with Gasteiger partial charge in [0.15, 0.2) is 11.0 Å². The summed E-state index contributed by atoms with van der Waals surface area (Å²) in [4.78, 5) is 11.9. The van der Waals surface area contributed by atoms with Crippen molar-refractivity contribution in [1.29, 1.82) is 0 Å². The molecule has 0 radical (unpaired) electrons. The molecule has 0 amide bonds. The van der Waals surface area contributed by atoms with Crippen LogP contribution >= 0.6 is 11.8 Å². The van der Waals surface area contributed by atoms with Gasteiger partial charge >= 0.3 is 5.97 Å². The first-order valence-electron chi connectivity index (χ1n) is 9.31. The number of rotatable bonds is 5. The number of carbonyl (C=O) groups excluding carboxylic acids is 1. The predicted molar refractivity (Wildman–Crippen MR) is 107 cm³/mol. The lowest BCUT2D eigenvalue weighted by molar-refractivity contribution is -0.137. The van der Waals surface area contributed by atoms with Gasteiger partial charge in [0.1, 0.15) is 11.0 Å². The predicted octanol–water partition coefficient (Wildman–Crippen LogP) is 4.29. The fourth-order valence-electron chi connectivity index (χ4n) is 3.12. The standard InChI is InChI=1S/C21H23N3O3S/c1-21(2,3)15-8-6-14(7-9-15)18-22-23-20(28-17-10-12-27-19(17)25)24(18)13-16-5-4-11-26-16/h4-9,11,17H,10,12-13H2,1-3H3. The third kappa shape index (κ3) is 3.85. The number of carbonyl (C=O) groups is 1. The number of furan rings is 1. The van der Waals surface area contributed by atoms with E-state index in [4.69, 9.17) is 9.15 Å². The van der Waals surface area contributed by atoms with E-state index in [2.05, 4.69) is 55.2 Å². The van der Waals surface area contributed by atoms with E-state index >= 15 is 0 Å². The highest BCUT2D eigenvalue weighted by atomic mass is 32.2. The van der Waals surface area contributed by atoms with Crippen LogP contribution in [-0.4, -0.2) is 32.6 Å². The first kappa shape index (κ1) is 18.8. The molecule has 7 heteroatoms. The van der Waals surface area contributed by atoms with Crippen molar-refractivity contribution in [3.8, 4) is 11.4 Å². The molecule has 0 spiro atoms. The lowest BCUT2D eigenvalue weighted by Gasteiger charge is -2.19. The Hall–Kier alpha value is -2.54. The van der Waals surface area contributed by atoms with Gasteiger partial charge in [-0.1, -0.05) is 56.8 Å². The topological polar surface area (TPSA) is 70.2 Å². The van der Waals surface area contributed by atoms with Crippen LogP contribution in [0.1, 0.15) is 38.5 Å². The second-order valence-corrected chi connectivity index (χ2v) is 9.03. The maximum Gasteiger partial charge on any atom is 0.319 e.